The molecule has 0 unspecified atom stereocenters. The van der Waals surface area contributed by atoms with Crippen LogP contribution in [0.2, 0.25) is 0 Å². The molecular weight excluding hydrogens is 346 g/mol. The van der Waals surface area contributed by atoms with E-state index in [1.807, 2.05) is 44.2 Å². The highest BCUT2D eigenvalue weighted by molar-refractivity contribution is 6.19. The van der Waals surface area contributed by atoms with Crippen LogP contribution in [0.25, 0.3) is 0 Å². The SMILES string of the molecule is Cc1noc(C)c1Cn1cc(N2C(=O)CN(Cc3ccccc3)C2=O)cn1. The molecule has 0 spiro atoms. The normalized spacial score (nSPS) is 14.4. The number of hydrogen-bond acceptors (Lipinski definition) is 5. The fourth-order valence-electron chi connectivity index (χ4n) is 3.18. The molecule has 0 atom stereocenters. The maximum absolute atomic E-state index is 12.7. The number of urea groups is 1. The molecule has 1 saturated heterocycles. The molecule has 138 valence electrons. The molecule has 8 nitrogen and oxygen atoms in total. The maximum Gasteiger partial charge on any atom is 0.332 e. The number of benzene rings is 1. The van der Waals surface area contributed by atoms with Gasteiger partial charge in [-0.25, -0.2) is 9.69 Å². The molecule has 0 N–H and O–H groups in total. The van der Waals surface area contributed by atoms with Gasteiger partial charge in [0.1, 0.15) is 12.3 Å². The standard InChI is InChI=1S/C19H19N5O3/c1-13-17(14(2)27-21-13)11-23-10-16(8-20-23)24-18(25)12-22(19(24)26)9-15-6-4-3-5-7-15/h3-8,10H,9,11-12H2,1-2H3. The van der Waals surface area contributed by atoms with E-state index in [9.17, 15) is 9.59 Å². The van der Waals surface area contributed by atoms with Crippen LogP contribution in [-0.4, -0.2) is 38.3 Å². The van der Waals surface area contributed by atoms with Gasteiger partial charge in [-0.3, -0.25) is 9.48 Å². The minimum absolute atomic E-state index is 0.0583. The van der Waals surface area contributed by atoms with Crippen LogP contribution in [0.3, 0.4) is 0 Å². The Morgan fingerprint density at radius 3 is 2.59 bits per heavy atom. The summed E-state index contributed by atoms with van der Waals surface area (Å²) in [5.41, 5.74) is 3.18. The second kappa shape index (κ2) is 6.71. The Morgan fingerprint density at radius 2 is 1.89 bits per heavy atom. The second-order valence-electron chi connectivity index (χ2n) is 6.55. The average Bonchev–Trinajstić information content (AvgIpc) is 3.31. The predicted molar refractivity (Wildman–Crippen MR) is 97.0 cm³/mol. The van der Waals surface area contributed by atoms with Crippen LogP contribution >= 0.6 is 0 Å². The number of amides is 3. The number of imide groups is 1. The summed E-state index contributed by atoms with van der Waals surface area (Å²) in [4.78, 5) is 27.9. The first kappa shape index (κ1) is 17.0. The van der Waals surface area contributed by atoms with Crippen molar-refractivity contribution in [2.75, 3.05) is 11.4 Å². The zero-order valence-electron chi connectivity index (χ0n) is 15.1. The molecule has 1 aliphatic heterocycles. The Bertz CT molecular complexity index is 972. The molecule has 0 radical (unpaired) electrons. The van der Waals surface area contributed by atoms with Crippen LogP contribution in [0, 0.1) is 13.8 Å². The summed E-state index contributed by atoms with van der Waals surface area (Å²) < 4.78 is 6.83. The Hall–Kier alpha value is -3.42. The van der Waals surface area contributed by atoms with Gasteiger partial charge in [-0.2, -0.15) is 5.10 Å². The lowest BCUT2D eigenvalue weighted by molar-refractivity contribution is -0.116. The molecule has 4 rings (SSSR count). The van der Waals surface area contributed by atoms with Gasteiger partial charge in [0.15, 0.2) is 0 Å². The van der Waals surface area contributed by atoms with Gasteiger partial charge in [0.05, 0.1) is 24.1 Å². The number of carbonyl (C=O) groups is 2. The molecule has 27 heavy (non-hydrogen) atoms. The minimum Gasteiger partial charge on any atom is -0.361 e. The first-order chi connectivity index (χ1) is 13.0. The van der Waals surface area contributed by atoms with Gasteiger partial charge in [0, 0.05) is 18.3 Å². The van der Waals surface area contributed by atoms with Crippen molar-refractivity contribution in [1.29, 1.82) is 0 Å². The second-order valence-corrected chi connectivity index (χ2v) is 6.55. The number of anilines is 1. The van der Waals surface area contributed by atoms with Gasteiger partial charge >= 0.3 is 6.03 Å². The van der Waals surface area contributed by atoms with Crippen molar-refractivity contribution in [3.05, 3.63) is 65.3 Å². The maximum atomic E-state index is 12.7. The number of aryl methyl sites for hydroxylation is 2. The Balaban J connectivity index is 1.51. The van der Waals surface area contributed by atoms with Crippen LogP contribution in [0.15, 0.2) is 47.2 Å². The quantitative estimate of drug-likeness (QED) is 0.649. The van der Waals surface area contributed by atoms with Gasteiger partial charge in [0.2, 0.25) is 0 Å². The lowest BCUT2D eigenvalue weighted by Gasteiger charge is -2.15. The van der Waals surface area contributed by atoms with Crippen molar-refractivity contribution in [2.24, 2.45) is 0 Å². The number of aromatic nitrogens is 3. The summed E-state index contributed by atoms with van der Waals surface area (Å²) in [7, 11) is 0. The smallest absolute Gasteiger partial charge is 0.332 e. The summed E-state index contributed by atoms with van der Waals surface area (Å²) in [6, 6.07) is 9.27. The summed E-state index contributed by atoms with van der Waals surface area (Å²) in [5, 5.41) is 8.21. The molecule has 0 bridgehead atoms. The van der Waals surface area contributed by atoms with Crippen LogP contribution in [0.1, 0.15) is 22.6 Å². The number of hydrogen-bond donors (Lipinski definition) is 0. The molecule has 1 aromatic carbocycles. The third-order valence-electron chi connectivity index (χ3n) is 4.63. The average molecular weight is 365 g/mol. The van der Waals surface area contributed by atoms with Crippen molar-refractivity contribution in [3.63, 3.8) is 0 Å². The number of rotatable bonds is 5. The zero-order chi connectivity index (χ0) is 19.0. The van der Waals surface area contributed by atoms with Crippen LogP contribution < -0.4 is 4.90 Å². The number of nitrogens with zero attached hydrogens (tertiary/aromatic N) is 5. The van der Waals surface area contributed by atoms with Gasteiger partial charge < -0.3 is 9.42 Å². The van der Waals surface area contributed by atoms with Gasteiger partial charge in [0.25, 0.3) is 5.91 Å². The summed E-state index contributed by atoms with van der Waals surface area (Å²) in [5.74, 6) is 0.472. The van der Waals surface area contributed by atoms with Gasteiger partial charge in [-0.1, -0.05) is 35.5 Å². The molecule has 3 aromatic rings. The van der Waals surface area contributed by atoms with E-state index < -0.39 is 0 Å². The van der Waals surface area contributed by atoms with Crippen molar-refractivity contribution < 1.29 is 14.1 Å². The van der Waals surface area contributed by atoms with Crippen LogP contribution in [-0.2, 0) is 17.9 Å². The van der Waals surface area contributed by atoms with E-state index in [4.69, 9.17) is 4.52 Å². The molecule has 3 amide bonds. The molecule has 8 heteroatoms. The fraction of sp³-hybridized carbons (Fsp3) is 0.263. The molecule has 1 fully saturated rings. The van der Waals surface area contributed by atoms with E-state index in [1.165, 1.54) is 16.0 Å². The fourth-order valence-corrected chi connectivity index (χ4v) is 3.18. The summed E-state index contributed by atoms with van der Waals surface area (Å²) >= 11 is 0. The predicted octanol–water partition coefficient (Wildman–Crippen LogP) is 2.51. The molecule has 0 saturated carbocycles. The van der Waals surface area contributed by atoms with Crippen molar-refractivity contribution in [1.82, 2.24) is 19.8 Å². The molecule has 0 aliphatic carbocycles. The Kier molecular flexibility index (Phi) is 4.23. The van der Waals surface area contributed by atoms with E-state index in [1.54, 1.807) is 10.9 Å². The monoisotopic (exact) mass is 365 g/mol. The lowest BCUT2D eigenvalue weighted by Crippen LogP contribution is -2.32. The highest BCUT2D eigenvalue weighted by Gasteiger charge is 2.37. The largest absolute Gasteiger partial charge is 0.361 e. The van der Waals surface area contributed by atoms with E-state index in [-0.39, 0.29) is 18.5 Å². The van der Waals surface area contributed by atoms with E-state index in [0.29, 0.717) is 18.8 Å². The molecule has 3 heterocycles. The highest BCUT2D eigenvalue weighted by Crippen LogP contribution is 2.23. The van der Waals surface area contributed by atoms with Crippen LogP contribution in [0.4, 0.5) is 10.5 Å². The molecule has 1 aliphatic rings. The lowest BCUT2D eigenvalue weighted by atomic mass is 10.2. The van der Waals surface area contributed by atoms with Crippen molar-refractivity contribution >= 4 is 17.6 Å². The van der Waals surface area contributed by atoms with E-state index >= 15 is 0 Å². The molecule has 2 aromatic heterocycles. The Morgan fingerprint density at radius 1 is 1.11 bits per heavy atom. The van der Waals surface area contributed by atoms with E-state index in [0.717, 1.165) is 22.6 Å². The summed E-state index contributed by atoms with van der Waals surface area (Å²) in [6.45, 7) is 4.63. The third-order valence-corrected chi connectivity index (χ3v) is 4.63. The zero-order valence-corrected chi connectivity index (χ0v) is 15.1. The third kappa shape index (κ3) is 3.21. The van der Waals surface area contributed by atoms with Crippen molar-refractivity contribution in [3.8, 4) is 0 Å². The topological polar surface area (TPSA) is 84.5 Å². The summed E-state index contributed by atoms with van der Waals surface area (Å²) in [6.07, 6.45) is 3.22. The van der Waals surface area contributed by atoms with Crippen LogP contribution in [0.5, 0.6) is 0 Å². The highest BCUT2D eigenvalue weighted by atomic mass is 16.5. The molecular formula is C19H19N5O3. The Labute approximate surface area is 156 Å². The van der Waals surface area contributed by atoms with Gasteiger partial charge in [-0.15, -0.1) is 0 Å². The first-order valence-electron chi connectivity index (χ1n) is 8.63. The van der Waals surface area contributed by atoms with E-state index in [2.05, 4.69) is 10.3 Å². The van der Waals surface area contributed by atoms with Gasteiger partial charge in [-0.05, 0) is 19.4 Å². The number of carbonyl (C=O) groups excluding carboxylic acids is 2. The minimum atomic E-state index is -0.333. The first-order valence-corrected chi connectivity index (χ1v) is 8.63. The van der Waals surface area contributed by atoms with Crippen molar-refractivity contribution in [2.45, 2.75) is 26.9 Å².